The van der Waals surface area contributed by atoms with E-state index >= 15 is 0 Å². The number of nitrogens with zero attached hydrogens (tertiary/aromatic N) is 2. The van der Waals surface area contributed by atoms with E-state index in [4.69, 9.17) is 4.74 Å². The number of nitrogens with one attached hydrogen (secondary N) is 2. The minimum Gasteiger partial charge on any atom is -0.394 e. The summed E-state index contributed by atoms with van der Waals surface area (Å²) in [5.41, 5.74) is 0. The van der Waals surface area contributed by atoms with E-state index in [0.717, 1.165) is 38.9 Å². The summed E-state index contributed by atoms with van der Waals surface area (Å²) < 4.78 is 4.79. The monoisotopic (exact) mass is 496 g/mol. The van der Waals surface area contributed by atoms with Crippen LogP contribution >= 0.6 is 11.8 Å². The molecule has 1 spiro atoms. The van der Waals surface area contributed by atoms with Crippen LogP contribution in [-0.2, 0) is 19.1 Å². The Morgan fingerprint density at radius 3 is 2.56 bits per heavy atom. The molecule has 10 heteroatoms. The molecule has 2 unspecified atom stereocenters. The van der Waals surface area contributed by atoms with Crippen LogP contribution in [0.25, 0.3) is 0 Å². The maximum atomic E-state index is 13.9. The van der Waals surface area contributed by atoms with Gasteiger partial charge >= 0.3 is 0 Å². The van der Waals surface area contributed by atoms with Crippen molar-refractivity contribution in [3.8, 4) is 0 Å². The molecule has 192 valence electrons. The molecule has 4 saturated heterocycles. The van der Waals surface area contributed by atoms with Gasteiger partial charge in [0.25, 0.3) is 0 Å². The lowest BCUT2D eigenvalue weighted by Gasteiger charge is -2.38. The molecule has 3 N–H and O–H groups in total. The molecule has 4 aliphatic rings. The number of rotatable bonds is 10. The van der Waals surface area contributed by atoms with Crippen molar-refractivity contribution in [3.63, 3.8) is 0 Å². The van der Waals surface area contributed by atoms with Crippen molar-refractivity contribution in [2.24, 2.45) is 17.8 Å². The number of hydrogen-bond acceptors (Lipinski definition) is 7. The van der Waals surface area contributed by atoms with Crippen LogP contribution in [0.15, 0.2) is 0 Å². The molecule has 0 aromatic heterocycles. The number of aliphatic hydroxyl groups is 1. The first-order valence-electron chi connectivity index (χ1n) is 12.8. The van der Waals surface area contributed by atoms with Gasteiger partial charge in [-0.2, -0.15) is 0 Å². The first kappa shape index (κ1) is 25.7. The highest BCUT2D eigenvalue weighted by molar-refractivity contribution is 8.02. The normalized spacial score (nSPS) is 33.9. The maximum Gasteiger partial charge on any atom is 0.244 e. The molecule has 34 heavy (non-hydrogen) atoms. The van der Waals surface area contributed by atoms with Crippen LogP contribution in [0.1, 0.15) is 40.0 Å². The number of amides is 3. The second kappa shape index (κ2) is 10.7. The number of carbonyl (C=O) groups excluding carboxylic acids is 3. The van der Waals surface area contributed by atoms with Gasteiger partial charge in [-0.25, -0.2) is 0 Å². The molecule has 0 aromatic carbocycles. The minimum atomic E-state index is -0.673. The van der Waals surface area contributed by atoms with E-state index in [9.17, 15) is 19.5 Å². The van der Waals surface area contributed by atoms with Gasteiger partial charge in [0.05, 0.1) is 42.4 Å². The highest BCUT2D eigenvalue weighted by atomic mass is 32.2. The summed E-state index contributed by atoms with van der Waals surface area (Å²) in [6.07, 6.45) is 2.40. The van der Waals surface area contributed by atoms with Gasteiger partial charge in [0.15, 0.2) is 0 Å². The Morgan fingerprint density at radius 2 is 1.91 bits per heavy atom. The van der Waals surface area contributed by atoms with Crippen molar-refractivity contribution in [3.05, 3.63) is 0 Å². The largest absolute Gasteiger partial charge is 0.394 e. The number of likely N-dealkylation sites (tertiary alicyclic amines) is 1. The first-order valence-corrected chi connectivity index (χ1v) is 13.7. The second-order valence-electron chi connectivity index (χ2n) is 10.3. The van der Waals surface area contributed by atoms with E-state index in [1.807, 2.05) is 20.8 Å². The number of ether oxygens (including phenoxy) is 1. The first-order chi connectivity index (χ1) is 16.4. The summed E-state index contributed by atoms with van der Waals surface area (Å²) in [5, 5.41) is 16.4. The molecule has 3 amide bonds. The SMILES string of the molecule is CCCNC(=O)[C@@H]1[C@@H]2CCC3(S2)C(C(=O)NCCN2CCOCC2)N([C@@H](CO)C(C)C)C(=O)[C@H]13. The summed E-state index contributed by atoms with van der Waals surface area (Å²) in [6, 6.07) is -1.13. The standard InChI is InChI=1S/C24H40N4O5S/c1-4-7-25-21(30)18-17-5-6-24(34-17)19(18)23(32)28(16(14-29)15(2)3)20(24)22(31)26-8-9-27-10-12-33-13-11-27/h15-20,29H,4-14H2,1-3H3,(H,25,30)(H,26,31)/t16-,17-,18+,19-,20?,24?/m0/s1. The molecule has 0 saturated carbocycles. The van der Waals surface area contributed by atoms with Crippen LogP contribution in [0.4, 0.5) is 0 Å². The number of hydrogen-bond donors (Lipinski definition) is 3. The Balaban J connectivity index is 1.58. The lowest BCUT2D eigenvalue weighted by atomic mass is 9.70. The van der Waals surface area contributed by atoms with Crippen LogP contribution in [0.5, 0.6) is 0 Å². The third-order valence-electron chi connectivity index (χ3n) is 7.98. The molecule has 4 aliphatic heterocycles. The summed E-state index contributed by atoms with van der Waals surface area (Å²) in [7, 11) is 0. The molecule has 4 heterocycles. The fourth-order valence-electron chi connectivity index (χ4n) is 6.29. The molecule has 0 aliphatic carbocycles. The van der Waals surface area contributed by atoms with Gasteiger partial charge < -0.3 is 25.4 Å². The number of fused-ring (bicyclic) bond motifs is 1. The fraction of sp³-hybridized carbons (Fsp3) is 0.875. The minimum absolute atomic E-state index is 0.0117. The quantitative estimate of drug-likeness (QED) is 0.393. The molecular weight excluding hydrogens is 456 g/mol. The zero-order valence-corrected chi connectivity index (χ0v) is 21.4. The number of thioether (sulfide) groups is 1. The van der Waals surface area contributed by atoms with Crippen molar-refractivity contribution in [2.45, 2.75) is 62.1 Å². The van der Waals surface area contributed by atoms with Gasteiger partial charge in [-0.05, 0) is 25.2 Å². The molecule has 4 rings (SSSR count). The van der Waals surface area contributed by atoms with Crippen LogP contribution in [0, 0.1) is 17.8 Å². The average molecular weight is 497 g/mol. The van der Waals surface area contributed by atoms with Gasteiger partial charge in [0.1, 0.15) is 6.04 Å². The van der Waals surface area contributed by atoms with E-state index in [1.165, 1.54) is 0 Å². The van der Waals surface area contributed by atoms with Crippen molar-refractivity contribution >= 4 is 29.5 Å². The fourth-order valence-corrected chi connectivity index (χ4v) is 8.50. The van der Waals surface area contributed by atoms with E-state index in [0.29, 0.717) is 26.3 Å². The zero-order valence-electron chi connectivity index (χ0n) is 20.6. The Labute approximate surface area is 206 Å². The molecule has 0 radical (unpaired) electrons. The second-order valence-corrected chi connectivity index (χ2v) is 11.9. The van der Waals surface area contributed by atoms with Crippen LogP contribution < -0.4 is 10.6 Å². The predicted molar refractivity (Wildman–Crippen MR) is 130 cm³/mol. The highest BCUT2D eigenvalue weighted by Crippen LogP contribution is 2.66. The molecule has 4 fully saturated rings. The molecule has 0 aromatic rings. The molecule has 2 bridgehead atoms. The van der Waals surface area contributed by atoms with E-state index in [2.05, 4.69) is 15.5 Å². The predicted octanol–water partition coefficient (Wildman–Crippen LogP) is 0.0691. The third-order valence-corrected chi connectivity index (χ3v) is 9.94. The lowest BCUT2D eigenvalue weighted by molar-refractivity contribution is -0.143. The smallest absolute Gasteiger partial charge is 0.244 e. The zero-order chi connectivity index (χ0) is 24.5. The number of carbonyl (C=O) groups is 3. The van der Waals surface area contributed by atoms with Gasteiger partial charge in [0, 0.05) is 38.0 Å². The van der Waals surface area contributed by atoms with E-state index in [1.54, 1.807) is 16.7 Å². The van der Waals surface area contributed by atoms with Crippen molar-refractivity contribution in [1.82, 2.24) is 20.4 Å². The Bertz CT molecular complexity index is 776. The molecule has 6 atom stereocenters. The van der Waals surface area contributed by atoms with Crippen LogP contribution in [0.3, 0.4) is 0 Å². The Kier molecular flexibility index (Phi) is 8.11. The molecule has 9 nitrogen and oxygen atoms in total. The van der Waals surface area contributed by atoms with E-state index < -0.39 is 28.7 Å². The lowest BCUT2D eigenvalue weighted by Crippen LogP contribution is -2.58. The number of morpholine rings is 1. The van der Waals surface area contributed by atoms with Crippen molar-refractivity contribution < 1.29 is 24.2 Å². The summed E-state index contributed by atoms with van der Waals surface area (Å²) >= 11 is 1.67. The Hall–Kier alpha value is -1.36. The van der Waals surface area contributed by atoms with Crippen LogP contribution in [-0.4, -0.2) is 107 Å². The topological polar surface area (TPSA) is 111 Å². The number of aliphatic hydroxyl groups excluding tert-OH is 1. The van der Waals surface area contributed by atoms with E-state index in [-0.39, 0.29) is 35.5 Å². The van der Waals surface area contributed by atoms with Crippen molar-refractivity contribution in [1.29, 1.82) is 0 Å². The summed E-state index contributed by atoms with van der Waals surface area (Å²) in [4.78, 5) is 44.7. The summed E-state index contributed by atoms with van der Waals surface area (Å²) in [6.45, 7) is 10.6. The van der Waals surface area contributed by atoms with Gasteiger partial charge in [0.2, 0.25) is 17.7 Å². The third kappa shape index (κ3) is 4.47. The summed E-state index contributed by atoms with van der Waals surface area (Å²) in [5.74, 6) is -1.33. The van der Waals surface area contributed by atoms with Crippen LogP contribution in [0.2, 0.25) is 0 Å². The Morgan fingerprint density at radius 1 is 1.21 bits per heavy atom. The van der Waals surface area contributed by atoms with Gasteiger partial charge in [-0.1, -0.05) is 20.8 Å². The maximum absolute atomic E-state index is 13.9. The highest BCUT2D eigenvalue weighted by Gasteiger charge is 2.74. The van der Waals surface area contributed by atoms with Gasteiger partial charge in [-0.15, -0.1) is 11.8 Å². The average Bonchev–Trinajstić information content (AvgIpc) is 3.46. The van der Waals surface area contributed by atoms with Gasteiger partial charge in [-0.3, -0.25) is 19.3 Å². The molecular formula is C24H40N4O5S. The van der Waals surface area contributed by atoms with Crippen molar-refractivity contribution in [2.75, 3.05) is 52.5 Å².